The molecule has 0 aliphatic heterocycles. The zero-order valence-corrected chi connectivity index (χ0v) is 8.38. The van der Waals surface area contributed by atoms with Crippen molar-refractivity contribution in [1.29, 1.82) is 0 Å². The van der Waals surface area contributed by atoms with Gasteiger partial charge in [0.25, 0.3) is 0 Å². The van der Waals surface area contributed by atoms with Crippen molar-refractivity contribution in [3.63, 3.8) is 0 Å². The van der Waals surface area contributed by atoms with Gasteiger partial charge in [0, 0.05) is 12.5 Å². The lowest BCUT2D eigenvalue weighted by atomic mass is 9.51. The van der Waals surface area contributed by atoms with Crippen molar-refractivity contribution in [1.82, 2.24) is 0 Å². The van der Waals surface area contributed by atoms with Crippen molar-refractivity contribution in [2.45, 2.75) is 38.2 Å². The van der Waals surface area contributed by atoms with E-state index in [4.69, 9.17) is 10.5 Å². The first-order valence-corrected chi connectivity index (χ1v) is 5.26. The molecule has 13 heavy (non-hydrogen) atoms. The Morgan fingerprint density at radius 3 is 2.85 bits per heavy atom. The van der Waals surface area contributed by atoms with Crippen LogP contribution in [0.1, 0.15) is 32.1 Å². The van der Waals surface area contributed by atoms with E-state index in [1.807, 2.05) is 7.11 Å². The predicted molar refractivity (Wildman–Crippen MR) is 53.5 cm³/mol. The van der Waals surface area contributed by atoms with Crippen LogP contribution in [-0.4, -0.2) is 19.8 Å². The normalized spacial score (nSPS) is 33.1. The standard InChI is InChI=1S/C11H19NO/c1-13-10-8-9(4-2-7-12)11(10)5-3-6-11/h4,10H,2-3,5-8,12H2,1H3/b9-4+. The summed E-state index contributed by atoms with van der Waals surface area (Å²) in [5, 5.41) is 0. The zero-order chi connectivity index (χ0) is 9.31. The molecule has 2 saturated carbocycles. The van der Waals surface area contributed by atoms with E-state index in [1.54, 1.807) is 5.57 Å². The second-order valence-corrected chi connectivity index (χ2v) is 4.24. The van der Waals surface area contributed by atoms with Gasteiger partial charge in [-0.3, -0.25) is 0 Å². The molecule has 1 atom stereocenters. The summed E-state index contributed by atoms with van der Waals surface area (Å²) in [5.41, 5.74) is 7.58. The number of methoxy groups -OCH3 is 1. The van der Waals surface area contributed by atoms with Crippen LogP contribution < -0.4 is 5.73 Å². The Kier molecular flexibility index (Phi) is 2.43. The van der Waals surface area contributed by atoms with E-state index in [9.17, 15) is 0 Å². The maximum Gasteiger partial charge on any atom is 0.0701 e. The number of hydrogen-bond donors (Lipinski definition) is 1. The van der Waals surface area contributed by atoms with Crippen LogP contribution in [0.4, 0.5) is 0 Å². The summed E-state index contributed by atoms with van der Waals surface area (Å²) in [6.07, 6.45) is 9.08. The fourth-order valence-corrected chi connectivity index (χ4v) is 2.73. The molecule has 1 unspecified atom stereocenters. The van der Waals surface area contributed by atoms with Gasteiger partial charge in [0.2, 0.25) is 0 Å². The molecule has 2 nitrogen and oxygen atoms in total. The molecule has 0 radical (unpaired) electrons. The van der Waals surface area contributed by atoms with Crippen molar-refractivity contribution < 1.29 is 4.74 Å². The van der Waals surface area contributed by atoms with Gasteiger partial charge in [0.15, 0.2) is 0 Å². The van der Waals surface area contributed by atoms with E-state index in [-0.39, 0.29) is 0 Å². The van der Waals surface area contributed by atoms with E-state index in [0.717, 1.165) is 19.4 Å². The third-order valence-electron chi connectivity index (χ3n) is 3.75. The third kappa shape index (κ3) is 1.24. The average Bonchev–Trinajstić information content (AvgIpc) is 2.00. The van der Waals surface area contributed by atoms with Gasteiger partial charge in [-0.15, -0.1) is 0 Å². The van der Waals surface area contributed by atoms with Crippen molar-refractivity contribution in [2.75, 3.05) is 13.7 Å². The second-order valence-electron chi connectivity index (χ2n) is 4.24. The predicted octanol–water partition coefficient (Wildman–Crippen LogP) is 1.85. The molecule has 2 aliphatic carbocycles. The number of nitrogens with two attached hydrogens (primary N) is 1. The lowest BCUT2D eigenvalue weighted by molar-refractivity contribution is -0.0853. The highest BCUT2D eigenvalue weighted by atomic mass is 16.5. The molecule has 2 heteroatoms. The lowest BCUT2D eigenvalue weighted by Gasteiger charge is -2.57. The Labute approximate surface area is 80.1 Å². The Hall–Kier alpha value is -0.340. The molecule has 0 aromatic rings. The summed E-state index contributed by atoms with van der Waals surface area (Å²) in [5.74, 6) is 0. The largest absolute Gasteiger partial charge is 0.380 e. The molecule has 0 aromatic heterocycles. The summed E-state index contributed by atoms with van der Waals surface area (Å²) in [6, 6.07) is 0. The number of hydrogen-bond acceptors (Lipinski definition) is 2. The first-order chi connectivity index (χ1) is 6.33. The lowest BCUT2D eigenvalue weighted by Crippen LogP contribution is -2.52. The van der Waals surface area contributed by atoms with Crippen molar-refractivity contribution in [2.24, 2.45) is 11.1 Å². The quantitative estimate of drug-likeness (QED) is 0.674. The van der Waals surface area contributed by atoms with Crippen LogP contribution >= 0.6 is 0 Å². The SMILES string of the molecule is COC1C/C(=C\CCN)C12CCC2. The molecule has 0 bridgehead atoms. The molecule has 2 fully saturated rings. The van der Waals surface area contributed by atoms with Crippen LogP contribution in [0.2, 0.25) is 0 Å². The molecular formula is C11H19NO. The highest BCUT2D eigenvalue weighted by molar-refractivity contribution is 5.31. The van der Waals surface area contributed by atoms with Gasteiger partial charge >= 0.3 is 0 Å². The minimum atomic E-state index is 0.462. The zero-order valence-electron chi connectivity index (χ0n) is 8.38. The molecule has 74 valence electrons. The smallest absolute Gasteiger partial charge is 0.0701 e. The summed E-state index contributed by atoms with van der Waals surface area (Å²) < 4.78 is 5.48. The minimum absolute atomic E-state index is 0.462. The van der Waals surface area contributed by atoms with E-state index >= 15 is 0 Å². The van der Waals surface area contributed by atoms with Crippen LogP contribution in [0.3, 0.4) is 0 Å². The van der Waals surface area contributed by atoms with Crippen LogP contribution in [0.5, 0.6) is 0 Å². The summed E-state index contributed by atoms with van der Waals surface area (Å²) >= 11 is 0. The second kappa shape index (κ2) is 3.43. The fourth-order valence-electron chi connectivity index (χ4n) is 2.73. The van der Waals surface area contributed by atoms with Crippen molar-refractivity contribution >= 4 is 0 Å². The molecule has 0 saturated heterocycles. The van der Waals surface area contributed by atoms with Gasteiger partial charge in [-0.25, -0.2) is 0 Å². The summed E-state index contributed by atoms with van der Waals surface area (Å²) in [7, 11) is 1.84. The van der Waals surface area contributed by atoms with Gasteiger partial charge in [-0.05, 0) is 32.2 Å². The number of rotatable bonds is 3. The first kappa shape index (κ1) is 9.22. The van der Waals surface area contributed by atoms with Crippen LogP contribution in [0, 0.1) is 5.41 Å². The maximum atomic E-state index is 5.49. The van der Waals surface area contributed by atoms with Crippen LogP contribution in [0.25, 0.3) is 0 Å². The molecule has 1 spiro atoms. The van der Waals surface area contributed by atoms with Crippen LogP contribution in [0.15, 0.2) is 11.6 Å². The van der Waals surface area contributed by atoms with E-state index in [0.29, 0.717) is 11.5 Å². The fraction of sp³-hybridized carbons (Fsp3) is 0.818. The van der Waals surface area contributed by atoms with E-state index in [2.05, 4.69) is 6.08 Å². The number of ether oxygens (including phenoxy) is 1. The topological polar surface area (TPSA) is 35.2 Å². The van der Waals surface area contributed by atoms with Crippen molar-refractivity contribution in [3.05, 3.63) is 11.6 Å². The Morgan fingerprint density at radius 2 is 2.38 bits per heavy atom. The molecular weight excluding hydrogens is 162 g/mol. The summed E-state index contributed by atoms with van der Waals surface area (Å²) in [6.45, 7) is 0.775. The van der Waals surface area contributed by atoms with E-state index < -0.39 is 0 Å². The monoisotopic (exact) mass is 181 g/mol. The van der Waals surface area contributed by atoms with Gasteiger partial charge in [-0.2, -0.15) is 0 Å². The van der Waals surface area contributed by atoms with Gasteiger partial charge < -0.3 is 10.5 Å². The van der Waals surface area contributed by atoms with Gasteiger partial charge in [0.05, 0.1) is 6.10 Å². The first-order valence-electron chi connectivity index (χ1n) is 5.26. The average molecular weight is 181 g/mol. The molecule has 2 N–H and O–H groups in total. The van der Waals surface area contributed by atoms with E-state index in [1.165, 1.54) is 19.3 Å². The third-order valence-corrected chi connectivity index (χ3v) is 3.75. The summed E-state index contributed by atoms with van der Waals surface area (Å²) in [4.78, 5) is 0. The molecule has 2 rings (SSSR count). The highest BCUT2D eigenvalue weighted by Crippen LogP contribution is 2.60. The van der Waals surface area contributed by atoms with Crippen molar-refractivity contribution in [3.8, 4) is 0 Å². The minimum Gasteiger partial charge on any atom is -0.380 e. The van der Waals surface area contributed by atoms with Gasteiger partial charge in [0.1, 0.15) is 0 Å². The maximum absolute atomic E-state index is 5.49. The molecule has 0 aromatic carbocycles. The van der Waals surface area contributed by atoms with Gasteiger partial charge in [-0.1, -0.05) is 18.1 Å². The Bertz CT molecular complexity index is 218. The Balaban J connectivity index is 2.01. The molecule has 0 heterocycles. The molecule has 0 amide bonds. The van der Waals surface area contributed by atoms with Crippen LogP contribution in [-0.2, 0) is 4.74 Å². The Morgan fingerprint density at radius 1 is 1.62 bits per heavy atom. The molecule has 2 aliphatic rings. The highest BCUT2D eigenvalue weighted by Gasteiger charge is 2.54.